The minimum absolute atomic E-state index is 1.03. The molecule has 0 bridgehead atoms. The SMILES string of the molecule is CCCCCCCCC=CCCCCCCCCCCC=CO. The zero-order valence-corrected chi connectivity index (χ0v) is 15.8. The predicted molar refractivity (Wildman–Crippen MR) is 105 cm³/mol. The summed E-state index contributed by atoms with van der Waals surface area (Å²) >= 11 is 0. The topological polar surface area (TPSA) is 20.2 Å². The maximum Gasteiger partial charge on any atom is 0.0751 e. The van der Waals surface area contributed by atoms with Gasteiger partial charge in [0.15, 0.2) is 0 Å². The van der Waals surface area contributed by atoms with E-state index in [1.54, 1.807) is 0 Å². The van der Waals surface area contributed by atoms with Crippen LogP contribution in [0, 0.1) is 0 Å². The maximum absolute atomic E-state index is 8.52. The third-order valence-corrected chi connectivity index (χ3v) is 4.49. The van der Waals surface area contributed by atoms with Crippen LogP contribution in [0.5, 0.6) is 0 Å². The summed E-state index contributed by atoms with van der Waals surface area (Å²) in [5, 5.41) is 8.52. The van der Waals surface area contributed by atoms with Gasteiger partial charge in [-0.15, -0.1) is 0 Å². The van der Waals surface area contributed by atoms with Gasteiger partial charge in [-0.2, -0.15) is 0 Å². The lowest BCUT2D eigenvalue weighted by Crippen LogP contribution is -1.81. The van der Waals surface area contributed by atoms with Crippen LogP contribution in [0.15, 0.2) is 24.5 Å². The van der Waals surface area contributed by atoms with E-state index in [0.717, 1.165) is 6.42 Å². The van der Waals surface area contributed by atoms with Crippen LogP contribution in [-0.2, 0) is 0 Å². The molecule has 1 heteroatoms. The van der Waals surface area contributed by atoms with Gasteiger partial charge in [-0.1, -0.05) is 95.8 Å². The first-order chi connectivity index (χ1) is 11.4. The molecule has 0 aromatic carbocycles. The van der Waals surface area contributed by atoms with Crippen LogP contribution in [0.1, 0.15) is 116 Å². The summed E-state index contributed by atoms with van der Waals surface area (Å²) in [7, 11) is 0. The van der Waals surface area contributed by atoms with Crippen molar-refractivity contribution < 1.29 is 5.11 Å². The third kappa shape index (κ3) is 21.3. The van der Waals surface area contributed by atoms with Crippen molar-refractivity contribution in [2.75, 3.05) is 0 Å². The Labute approximate surface area is 146 Å². The zero-order valence-electron chi connectivity index (χ0n) is 15.8. The van der Waals surface area contributed by atoms with Crippen molar-refractivity contribution in [3.05, 3.63) is 24.5 Å². The Hall–Kier alpha value is -0.720. The minimum atomic E-state index is 1.03. The average molecular weight is 323 g/mol. The lowest BCUT2D eigenvalue weighted by molar-refractivity contribution is 0.469. The fraction of sp³-hybridized carbons (Fsp3) is 0.818. The Morgan fingerprint density at radius 2 is 0.826 bits per heavy atom. The van der Waals surface area contributed by atoms with E-state index in [2.05, 4.69) is 19.1 Å². The highest BCUT2D eigenvalue weighted by atomic mass is 16.2. The summed E-state index contributed by atoms with van der Waals surface area (Å²) in [6, 6.07) is 0. The van der Waals surface area contributed by atoms with E-state index in [9.17, 15) is 0 Å². The number of rotatable bonds is 18. The largest absolute Gasteiger partial charge is 0.516 e. The summed E-state index contributed by atoms with van der Waals surface area (Å²) in [5.41, 5.74) is 0. The van der Waals surface area contributed by atoms with Gasteiger partial charge in [-0.3, -0.25) is 0 Å². The molecule has 0 aliphatic carbocycles. The zero-order chi connectivity index (χ0) is 16.8. The molecule has 23 heavy (non-hydrogen) atoms. The van der Waals surface area contributed by atoms with Crippen molar-refractivity contribution in [1.82, 2.24) is 0 Å². The van der Waals surface area contributed by atoms with Gasteiger partial charge >= 0.3 is 0 Å². The molecular weight excluding hydrogens is 280 g/mol. The van der Waals surface area contributed by atoms with Crippen LogP contribution in [0.2, 0.25) is 0 Å². The van der Waals surface area contributed by atoms with Crippen LogP contribution >= 0.6 is 0 Å². The lowest BCUT2D eigenvalue weighted by Gasteiger charge is -2.01. The van der Waals surface area contributed by atoms with Crippen molar-refractivity contribution in [2.24, 2.45) is 0 Å². The predicted octanol–water partition coefficient (Wildman–Crippen LogP) is 8.27. The van der Waals surface area contributed by atoms with Gasteiger partial charge in [0.2, 0.25) is 0 Å². The Balaban J connectivity index is 3.05. The van der Waals surface area contributed by atoms with Gasteiger partial charge < -0.3 is 5.11 Å². The van der Waals surface area contributed by atoms with Gasteiger partial charge in [0.1, 0.15) is 0 Å². The van der Waals surface area contributed by atoms with E-state index in [0.29, 0.717) is 0 Å². The quantitative estimate of drug-likeness (QED) is 0.153. The second-order valence-electron chi connectivity index (χ2n) is 6.82. The van der Waals surface area contributed by atoms with E-state index in [-0.39, 0.29) is 0 Å². The van der Waals surface area contributed by atoms with Crippen molar-refractivity contribution >= 4 is 0 Å². The number of aliphatic hydroxyl groups is 1. The first-order valence-electron chi connectivity index (χ1n) is 10.4. The molecule has 136 valence electrons. The summed E-state index contributed by atoms with van der Waals surface area (Å²) in [4.78, 5) is 0. The Morgan fingerprint density at radius 3 is 1.22 bits per heavy atom. The molecule has 0 heterocycles. The first-order valence-corrected chi connectivity index (χ1v) is 10.4. The molecule has 0 saturated carbocycles. The van der Waals surface area contributed by atoms with Gasteiger partial charge in [-0.05, 0) is 38.5 Å². The molecular formula is C22H42O. The molecule has 0 spiro atoms. The van der Waals surface area contributed by atoms with Gasteiger partial charge in [0.05, 0.1) is 6.26 Å². The van der Waals surface area contributed by atoms with Crippen LogP contribution in [0.4, 0.5) is 0 Å². The molecule has 0 aromatic rings. The van der Waals surface area contributed by atoms with E-state index >= 15 is 0 Å². The highest BCUT2D eigenvalue weighted by molar-refractivity contribution is 4.81. The van der Waals surface area contributed by atoms with Crippen LogP contribution in [-0.4, -0.2) is 5.11 Å². The first kappa shape index (κ1) is 22.3. The Morgan fingerprint density at radius 1 is 0.478 bits per heavy atom. The Bertz CT molecular complexity index is 255. The van der Waals surface area contributed by atoms with Crippen LogP contribution in [0.3, 0.4) is 0 Å². The highest BCUT2D eigenvalue weighted by Crippen LogP contribution is 2.11. The lowest BCUT2D eigenvalue weighted by atomic mass is 10.1. The highest BCUT2D eigenvalue weighted by Gasteiger charge is 1.92. The Kier molecular flexibility index (Phi) is 20.6. The molecule has 0 aromatic heterocycles. The van der Waals surface area contributed by atoms with Crippen molar-refractivity contribution in [2.45, 2.75) is 116 Å². The molecule has 0 atom stereocenters. The maximum atomic E-state index is 8.52. The van der Waals surface area contributed by atoms with E-state index < -0.39 is 0 Å². The molecule has 0 unspecified atom stereocenters. The summed E-state index contributed by atoms with van der Waals surface area (Å²) < 4.78 is 0. The molecule has 0 radical (unpaired) electrons. The smallest absolute Gasteiger partial charge is 0.0751 e. The van der Waals surface area contributed by atoms with E-state index in [4.69, 9.17) is 5.11 Å². The molecule has 1 N–H and O–H groups in total. The van der Waals surface area contributed by atoms with Crippen LogP contribution in [0.25, 0.3) is 0 Å². The molecule has 1 nitrogen and oxygen atoms in total. The fourth-order valence-electron chi connectivity index (χ4n) is 2.94. The number of hydrogen-bond acceptors (Lipinski definition) is 1. The summed E-state index contributed by atoms with van der Waals surface area (Å²) in [5.74, 6) is 0. The van der Waals surface area contributed by atoms with E-state index in [1.165, 1.54) is 109 Å². The number of hydrogen-bond donors (Lipinski definition) is 1. The number of allylic oxidation sites excluding steroid dienone is 3. The second kappa shape index (κ2) is 21.3. The summed E-state index contributed by atoms with van der Waals surface area (Å²) in [6.07, 6.45) is 30.7. The third-order valence-electron chi connectivity index (χ3n) is 4.49. The van der Waals surface area contributed by atoms with Crippen molar-refractivity contribution in [1.29, 1.82) is 0 Å². The van der Waals surface area contributed by atoms with E-state index in [1.807, 2.05) is 6.08 Å². The number of aliphatic hydroxyl groups excluding tert-OH is 1. The monoisotopic (exact) mass is 322 g/mol. The molecule has 0 saturated heterocycles. The molecule has 0 aliphatic rings. The second-order valence-corrected chi connectivity index (χ2v) is 6.82. The average Bonchev–Trinajstić information content (AvgIpc) is 2.57. The van der Waals surface area contributed by atoms with Crippen molar-refractivity contribution in [3.63, 3.8) is 0 Å². The van der Waals surface area contributed by atoms with Crippen LogP contribution < -0.4 is 0 Å². The number of unbranched alkanes of at least 4 members (excludes halogenated alkanes) is 15. The normalized spacial score (nSPS) is 11.9. The molecule has 0 rings (SSSR count). The fourth-order valence-corrected chi connectivity index (χ4v) is 2.94. The van der Waals surface area contributed by atoms with Gasteiger partial charge in [0, 0.05) is 0 Å². The molecule has 0 fully saturated rings. The standard InChI is InChI=1S/C22H42O/c1-2-3-4-5-6-7-8-9-10-11-12-13-14-15-16-17-18-19-20-21-22-23/h9-10,21-23H,2-8,11-20H2,1H3. The van der Waals surface area contributed by atoms with Gasteiger partial charge in [0.25, 0.3) is 0 Å². The molecule has 0 aliphatic heterocycles. The van der Waals surface area contributed by atoms with Gasteiger partial charge in [-0.25, -0.2) is 0 Å². The molecule has 0 amide bonds. The minimum Gasteiger partial charge on any atom is -0.516 e. The van der Waals surface area contributed by atoms with Crippen molar-refractivity contribution in [3.8, 4) is 0 Å². The summed E-state index contributed by atoms with van der Waals surface area (Å²) in [6.45, 7) is 2.28.